The van der Waals surface area contributed by atoms with Gasteiger partial charge in [0.1, 0.15) is 0 Å². The van der Waals surface area contributed by atoms with E-state index in [2.05, 4.69) is 6.92 Å². The monoisotopic (exact) mass is 246 g/mol. The number of hydrogen-bond donors (Lipinski definition) is 2. The summed E-state index contributed by atoms with van der Waals surface area (Å²) < 4.78 is 0. The minimum Gasteiger partial charge on any atom is -0.394 e. The van der Waals surface area contributed by atoms with Gasteiger partial charge in [0.05, 0.1) is 18.7 Å². The number of nitrogens with two attached hydrogens (primary N) is 1. The van der Waals surface area contributed by atoms with Crippen LogP contribution in [0.4, 0.5) is 0 Å². The average molecular weight is 246 g/mol. The number of amides is 1. The molecule has 1 fully saturated rings. The fourth-order valence-electron chi connectivity index (χ4n) is 2.14. The van der Waals surface area contributed by atoms with E-state index in [1.54, 1.807) is 16.7 Å². The van der Waals surface area contributed by atoms with E-state index in [4.69, 9.17) is 5.73 Å². The predicted molar refractivity (Wildman–Crippen MR) is 67.3 cm³/mol. The molecule has 0 spiro atoms. The third-order valence-corrected chi connectivity index (χ3v) is 3.95. The highest BCUT2D eigenvalue weighted by molar-refractivity contribution is 7.98. The van der Waals surface area contributed by atoms with E-state index in [9.17, 15) is 9.90 Å². The Morgan fingerprint density at radius 1 is 1.69 bits per heavy atom. The predicted octanol–water partition coefficient (Wildman–Crippen LogP) is 0.296. The second kappa shape index (κ2) is 6.47. The van der Waals surface area contributed by atoms with Crippen LogP contribution in [0.2, 0.25) is 0 Å². The Kier molecular flexibility index (Phi) is 5.58. The summed E-state index contributed by atoms with van der Waals surface area (Å²) in [5.74, 6) is 1.28. The van der Waals surface area contributed by atoms with Crippen LogP contribution in [0.3, 0.4) is 0 Å². The molecule has 16 heavy (non-hydrogen) atoms. The van der Waals surface area contributed by atoms with Gasteiger partial charge in [-0.1, -0.05) is 6.92 Å². The molecule has 0 aromatic carbocycles. The van der Waals surface area contributed by atoms with E-state index in [1.165, 1.54) is 0 Å². The average Bonchev–Trinajstić information content (AvgIpc) is 2.66. The van der Waals surface area contributed by atoms with Crippen molar-refractivity contribution in [2.45, 2.75) is 31.8 Å². The zero-order chi connectivity index (χ0) is 12.1. The topological polar surface area (TPSA) is 66.6 Å². The molecular formula is C11H22N2O2S. The second-order valence-corrected chi connectivity index (χ2v) is 5.42. The molecular weight excluding hydrogens is 224 g/mol. The smallest absolute Gasteiger partial charge is 0.239 e. The highest BCUT2D eigenvalue weighted by Crippen LogP contribution is 2.24. The van der Waals surface area contributed by atoms with Crippen molar-refractivity contribution >= 4 is 17.7 Å². The molecule has 4 nitrogen and oxygen atoms in total. The molecule has 94 valence electrons. The normalized spacial score (nSPS) is 27.1. The van der Waals surface area contributed by atoms with Crippen molar-refractivity contribution in [1.82, 2.24) is 4.90 Å². The van der Waals surface area contributed by atoms with Crippen LogP contribution in [-0.4, -0.2) is 53.2 Å². The van der Waals surface area contributed by atoms with Crippen molar-refractivity contribution in [3.8, 4) is 0 Å². The number of aliphatic hydroxyl groups is 1. The van der Waals surface area contributed by atoms with Crippen molar-refractivity contribution in [3.63, 3.8) is 0 Å². The fraction of sp³-hybridized carbons (Fsp3) is 0.909. The molecule has 0 saturated carbocycles. The first-order valence-electron chi connectivity index (χ1n) is 5.77. The van der Waals surface area contributed by atoms with Gasteiger partial charge in [0.15, 0.2) is 0 Å². The molecule has 5 heteroatoms. The second-order valence-electron chi connectivity index (χ2n) is 4.44. The molecule has 0 aliphatic carbocycles. The van der Waals surface area contributed by atoms with Gasteiger partial charge in [-0.15, -0.1) is 0 Å². The quantitative estimate of drug-likeness (QED) is 0.732. The maximum atomic E-state index is 12.0. The Hall–Kier alpha value is -0.260. The minimum atomic E-state index is -0.410. The molecule has 0 aromatic rings. The summed E-state index contributed by atoms with van der Waals surface area (Å²) in [7, 11) is 0. The highest BCUT2D eigenvalue weighted by Gasteiger charge is 2.35. The largest absolute Gasteiger partial charge is 0.394 e. The molecule has 0 bridgehead atoms. The number of hydrogen-bond acceptors (Lipinski definition) is 4. The van der Waals surface area contributed by atoms with Crippen LogP contribution in [0.1, 0.15) is 19.8 Å². The Morgan fingerprint density at radius 2 is 2.38 bits per heavy atom. The molecule has 0 aromatic heterocycles. The van der Waals surface area contributed by atoms with Crippen LogP contribution in [0.15, 0.2) is 0 Å². The van der Waals surface area contributed by atoms with Crippen molar-refractivity contribution in [3.05, 3.63) is 0 Å². The molecule has 1 saturated heterocycles. The van der Waals surface area contributed by atoms with Crippen molar-refractivity contribution in [2.24, 2.45) is 11.7 Å². The molecule has 0 radical (unpaired) electrons. The zero-order valence-electron chi connectivity index (χ0n) is 10.1. The number of thioether (sulfide) groups is 1. The molecule has 1 amide bonds. The van der Waals surface area contributed by atoms with E-state index in [-0.39, 0.29) is 18.6 Å². The summed E-state index contributed by atoms with van der Waals surface area (Å²) >= 11 is 1.70. The van der Waals surface area contributed by atoms with Gasteiger partial charge >= 0.3 is 0 Å². The first-order valence-corrected chi connectivity index (χ1v) is 7.17. The fourth-order valence-corrected chi connectivity index (χ4v) is 2.63. The van der Waals surface area contributed by atoms with Gasteiger partial charge in [0.2, 0.25) is 5.91 Å². The van der Waals surface area contributed by atoms with E-state index in [0.29, 0.717) is 12.3 Å². The summed E-state index contributed by atoms with van der Waals surface area (Å²) in [6, 6.07) is -0.445. The first-order chi connectivity index (χ1) is 7.61. The maximum absolute atomic E-state index is 12.0. The van der Waals surface area contributed by atoms with E-state index >= 15 is 0 Å². The maximum Gasteiger partial charge on any atom is 0.239 e. The first kappa shape index (κ1) is 13.8. The van der Waals surface area contributed by atoms with Gasteiger partial charge in [-0.2, -0.15) is 11.8 Å². The third kappa shape index (κ3) is 3.12. The number of likely N-dealkylation sites (tertiary alicyclic amines) is 1. The number of carbonyl (C=O) groups is 1. The summed E-state index contributed by atoms with van der Waals surface area (Å²) in [6.07, 6.45) is 3.68. The Labute approximate surface area is 102 Å². The van der Waals surface area contributed by atoms with Crippen molar-refractivity contribution in [2.75, 3.05) is 25.2 Å². The lowest BCUT2D eigenvalue weighted by Crippen LogP contribution is -2.48. The van der Waals surface area contributed by atoms with Crippen molar-refractivity contribution in [1.29, 1.82) is 0 Å². The highest BCUT2D eigenvalue weighted by atomic mass is 32.2. The van der Waals surface area contributed by atoms with E-state index in [0.717, 1.165) is 18.7 Å². The Morgan fingerprint density at radius 3 is 2.94 bits per heavy atom. The number of rotatable bonds is 5. The number of carbonyl (C=O) groups excluding carboxylic acids is 1. The summed E-state index contributed by atoms with van der Waals surface area (Å²) in [6.45, 7) is 2.85. The summed E-state index contributed by atoms with van der Waals surface area (Å²) in [5, 5.41) is 9.27. The molecule has 3 N–H and O–H groups in total. The van der Waals surface area contributed by atoms with Crippen molar-refractivity contribution < 1.29 is 9.90 Å². The van der Waals surface area contributed by atoms with Crippen LogP contribution in [0.25, 0.3) is 0 Å². The lowest BCUT2D eigenvalue weighted by atomic mass is 10.0. The van der Waals surface area contributed by atoms with Gasteiger partial charge in [-0.05, 0) is 30.8 Å². The molecule has 1 rings (SSSR count). The number of aliphatic hydroxyl groups excluding tert-OH is 1. The molecule has 1 aliphatic rings. The SMILES string of the molecule is CSCC[C@@H](N)C(=O)N1CCC(C)C1CO. The lowest BCUT2D eigenvalue weighted by Gasteiger charge is -2.27. The zero-order valence-corrected chi connectivity index (χ0v) is 10.9. The summed E-state index contributed by atoms with van der Waals surface area (Å²) in [5.41, 5.74) is 5.86. The standard InChI is InChI=1S/C11H22N2O2S/c1-8-3-5-13(10(8)7-14)11(15)9(12)4-6-16-2/h8-10,14H,3-7,12H2,1-2H3/t8?,9-,10?/m1/s1. The molecule has 3 atom stereocenters. The summed E-state index contributed by atoms with van der Waals surface area (Å²) in [4.78, 5) is 13.8. The van der Waals surface area contributed by atoms with Crippen LogP contribution >= 0.6 is 11.8 Å². The van der Waals surface area contributed by atoms with E-state index < -0.39 is 6.04 Å². The van der Waals surface area contributed by atoms with Crippen LogP contribution < -0.4 is 5.73 Å². The van der Waals surface area contributed by atoms with Crippen LogP contribution in [-0.2, 0) is 4.79 Å². The third-order valence-electron chi connectivity index (χ3n) is 3.30. The molecule has 2 unspecified atom stereocenters. The van der Waals surface area contributed by atoms with Gasteiger partial charge in [0, 0.05) is 6.54 Å². The molecule has 1 heterocycles. The van der Waals surface area contributed by atoms with E-state index in [1.807, 2.05) is 6.26 Å². The van der Waals surface area contributed by atoms with Gasteiger partial charge in [-0.25, -0.2) is 0 Å². The van der Waals surface area contributed by atoms with Gasteiger partial charge in [0.25, 0.3) is 0 Å². The minimum absolute atomic E-state index is 0.00236. The Bertz CT molecular complexity index is 238. The van der Waals surface area contributed by atoms with Gasteiger partial charge < -0.3 is 15.7 Å². The lowest BCUT2D eigenvalue weighted by molar-refractivity contribution is -0.134. The Balaban J connectivity index is 2.52. The van der Waals surface area contributed by atoms with Crippen LogP contribution in [0, 0.1) is 5.92 Å². The van der Waals surface area contributed by atoms with Gasteiger partial charge in [-0.3, -0.25) is 4.79 Å². The van der Waals surface area contributed by atoms with Crippen LogP contribution in [0.5, 0.6) is 0 Å². The molecule has 1 aliphatic heterocycles. The number of nitrogens with zero attached hydrogens (tertiary/aromatic N) is 1.